The Kier molecular flexibility index (Phi) is 6.79. The Morgan fingerprint density at radius 1 is 1.00 bits per heavy atom. The van der Waals surface area contributed by atoms with E-state index in [2.05, 4.69) is 11.9 Å². The Morgan fingerprint density at radius 2 is 1.71 bits per heavy atom. The standard InChI is InChI=1S/C13H16Cl3N/c1-2-3-4-5-6-7-17-13-9-11(15)10(14)8-12(13)16/h2,8-9,17H,1,3-7H2. The molecule has 0 bridgehead atoms. The van der Waals surface area contributed by atoms with Crippen LogP contribution in [0.15, 0.2) is 24.8 Å². The summed E-state index contributed by atoms with van der Waals surface area (Å²) in [6.45, 7) is 4.58. The van der Waals surface area contributed by atoms with E-state index in [1.807, 2.05) is 6.08 Å². The van der Waals surface area contributed by atoms with Gasteiger partial charge in [0.05, 0.1) is 20.8 Å². The smallest absolute Gasteiger partial charge is 0.0653 e. The molecule has 0 saturated carbocycles. The quantitative estimate of drug-likeness (QED) is 0.380. The van der Waals surface area contributed by atoms with Gasteiger partial charge in [-0.15, -0.1) is 6.58 Å². The maximum absolute atomic E-state index is 6.05. The SMILES string of the molecule is C=CCCCCCNc1cc(Cl)c(Cl)cc1Cl. The van der Waals surface area contributed by atoms with Crippen LogP contribution in [-0.4, -0.2) is 6.54 Å². The first-order valence-electron chi connectivity index (χ1n) is 5.64. The zero-order chi connectivity index (χ0) is 12.7. The molecule has 0 unspecified atom stereocenters. The zero-order valence-electron chi connectivity index (χ0n) is 9.61. The molecule has 0 radical (unpaired) electrons. The summed E-state index contributed by atoms with van der Waals surface area (Å²) in [6.07, 6.45) is 6.49. The number of rotatable bonds is 7. The number of anilines is 1. The molecule has 17 heavy (non-hydrogen) atoms. The molecule has 1 aromatic carbocycles. The van der Waals surface area contributed by atoms with E-state index in [4.69, 9.17) is 34.8 Å². The first kappa shape index (κ1) is 14.7. The minimum atomic E-state index is 0.480. The van der Waals surface area contributed by atoms with E-state index < -0.39 is 0 Å². The minimum Gasteiger partial charge on any atom is -0.384 e. The van der Waals surface area contributed by atoms with Crippen LogP contribution < -0.4 is 5.32 Å². The lowest BCUT2D eigenvalue weighted by molar-refractivity contribution is 0.709. The number of nitrogens with one attached hydrogen (secondary N) is 1. The summed E-state index contributed by atoms with van der Waals surface area (Å²) in [7, 11) is 0. The predicted molar refractivity (Wildman–Crippen MR) is 78.6 cm³/mol. The molecule has 0 atom stereocenters. The fourth-order valence-corrected chi connectivity index (χ4v) is 2.09. The number of unbranched alkanes of at least 4 members (excludes halogenated alkanes) is 3. The third-order valence-corrected chi connectivity index (χ3v) is 3.45. The highest BCUT2D eigenvalue weighted by molar-refractivity contribution is 6.44. The van der Waals surface area contributed by atoms with Gasteiger partial charge in [-0.25, -0.2) is 0 Å². The highest BCUT2D eigenvalue weighted by Crippen LogP contribution is 2.32. The summed E-state index contributed by atoms with van der Waals surface area (Å²) in [5, 5.41) is 4.86. The molecule has 0 aliphatic heterocycles. The van der Waals surface area contributed by atoms with Crippen LogP contribution in [0.3, 0.4) is 0 Å². The van der Waals surface area contributed by atoms with Gasteiger partial charge in [-0.2, -0.15) is 0 Å². The Bertz CT molecular complexity index is 377. The second kappa shape index (κ2) is 7.86. The molecule has 0 saturated heterocycles. The summed E-state index contributed by atoms with van der Waals surface area (Å²) < 4.78 is 0. The van der Waals surface area contributed by atoms with Gasteiger partial charge in [0.15, 0.2) is 0 Å². The van der Waals surface area contributed by atoms with Crippen molar-refractivity contribution in [3.05, 3.63) is 39.9 Å². The summed E-state index contributed by atoms with van der Waals surface area (Å²) >= 11 is 17.8. The molecule has 0 fully saturated rings. The van der Waals surface area contributed by atoms with Gasteiger partial charge < -0.3 is 5.32 Å². The predicted octanol–water partition coefficient (Wildman–Crippen LogP) is 5.81. The highest BCUT2D eigenvalue weighted by Gasteiger charge is 2.04. The molecule has 0 heterocycles. The van der Waals surface area contributed by atoms with Gasteiger partial charge in [-0.1, -0.05) is 47.3 Å². The van der Waals surface area contributed by atoms with E-state index in [9.17, 15) is 0 Å². The van der Waals surface area contributed by atoms with E-state index in [1.54, 1.807) is 12.1 Å². The van der Waals surface area contributed by atoms with Crippen LogP contribution in [0.25, 0.3) is 0 Å². The first-order chi connectivity index (χ1) is 8.15. The summed E-state index contributed by atoms with van der Waals surface area (Å²) in [6, 6.07) is 3.42. The maximum Gasteiger partial charge on any atom is 0.0653 e. The van der Waals surface area contributed by atoms with Crippen molar-refractivity contribution in [2.24, 2.45) is 0 Å². The van der Waals surface area contributed by atoms with Crippen LogP contribution in [0.5, 0.6) is 0 Å². The van der Waals surface area contributed by atoms with E-state index in [0.717, 1.165) is 25.1 Å². The average molecular weight is 293 g/mol. The van der Waals surface area contributed by atoms with Crippen molar-refractivity contribution in [3.8, 4) is 0 Å². The normalized spacial score (nSPS) is 10.3. The Labute approximate surface area is 118 Å². The molecular formula is C13H16Cl3N. The fourth-order valence-electron chi connectivity index (χ4n) is 1.47. The van der Waals surface area contributed by atoms with Gasteiger partial charge in [0.2, 0.25) is 0 Å². The van der Waals surface area contributed by atoms with Crippen molar-refractivity contribution < 1.29 is 0 Å². The largest absolute Gasteiger partial charge is 0.384 e. The first-order valence-corrected chi connectivity index (χ1v) is 6.78. The number of allylic oxidation sites excluding steroid dienone is 1. The second-order valence-corrected chi connectivity index (χ2v) is 5.03. The molecule has 0 amide bonds. The lowest BCUT2D eigenvalue weighted by Gasteiger charge is -2.09. The minimum absolute atomic E-state index is 0.480. The Hall–Kier alpha value is -0.370. The number of benzene rings is 1. The number of hydrogen-bond donors (Lipinski definition) is 1. The monoisotopic (exact) mass is 291 g/mol. The molecule has 1 rings (SSSR count). The van der Waals surface area contributed by atoms with Crippen LogP contribution in [0.2, 0.25) is 15.1 Å². The molecule has 0 aliphatic rings. The molecule has 0 aliphatic carbocycles. The van der Waals surface area contributed by atoms with Crippen LogP contribution in [0.1, 0.15) is 25.7 Å². The van der Waals surface area contributed by atoms with Crippen LogP contribution in [-0.2, 0) is 0 Å². The van der Waals surface area contributed by atoms with Crippen molar-refractivity contribution in [3.63, 3.8) is 0 Å². The van der Waals surface area contributed by atoms with E-state index in [-0.39, 0.29) is 0 Å². The van der Waals surface area contributed by atoms with Crippen molar-refractivity contribution in [1.29, 1.82) is 0 Å². The van der Waals surface area contributed by atoms with Crippen molar-refractivity contribution >= 4 is 40.5 Å². The Morgan fingerprint density at radius 3 is 2.41 bits per heavy atom. The second-order valence-electron chi connectivity index (χ2n) is 3.81. The molecule has 94 valence electrons. The molecule has 4 heteroatoms. The van der Waals surface area contributed by atoms with Gasteiger partial charge in [-0.05, 0) is 31.4 Å². The molecule has 0 aromatic heterocycles. The van der Waals surface area contributed by atoms with E-state index in [0.29, 0.717) is 15.1 Å². The van der Waals surface area contributed by atoms with Gasteiger partial charge in [0.25, 0.3) is 0 Å². The maximum atomic E-state index is 6.05. The lowest BCUT2D eigenvalue weighted by atomic mass is 10.2. The Balaban J connectivity index is 2.36. The van der Waals surface area contributed by atoms with Crippen LogP contribution in [0.4, 0.5) is 5.69 Å². The zero-order valence-corrected chi connectivity index (χ0v) is 11.9. The fraction of sp³-hybridized carbons (Fsp3) is 0.385. The van der Waals surface area contributed by atoms with E-state index >= 15 is 0 Å². The lowest BCUT2D eigenvalue weighted by Crippen LogP contribution is -2.02. The molecular weight excluding hydrogens is 277 g/mol. The van der Waals surface area contributed by atoms with Crippen molar-refractivity contribution in [2.45, 2.75) is 25.7 Å². The molecule has 0 spiro atoms. The van der Waals surface area contributed by atoms with Crippen LogP contribution in [0, 0.1) is 0 Å². The third kappa shape index (κ3) is 5.20. The summed E-state index contributed by atoms with van der Waals surface area (Å²) in [4.78, 5) is 0. The third-order valence-electron chi connectivity index (χ3n) is 2.41. The van der Waals surface area contributed by atoms with Crippen molar-refractivity contribution in [2.75, 3.05) is 11.9 Å². The molecule has 1 aromatic rings. The highest BCUT2D eigenvalue weighted by atomic mass is 35.5. The number of hydrogen-bond acceptors (Lipinski definition) is 1. The summed E-state index contributed by atoms with van der Waals surface area (Å²) in [5.41, 5.74) is 0.838. The topological polar surface area (TPSA) is 12.0 Å². The van der Waals surface area contributed by atoms with Gasteiger partial charge in [-0.3, -0.25) is 0 Å². The van der Waals surface area contributed by atoms with Gasteiger partial charge in [0.1, 0.15) is 0 Å². The van der Waals surface area contributed by atoms with Gasteiger partial charge in [0, 0.05) is 6.54 Å². The van der Waals surface area contributed by atoms with Crippen molar-refractivity contribution in [1.82, 2.24) is 0 Å². The molecule has 1 N–H and O–H groups in total. The molecule has 1 nitrogen and oxygen atoms in total. The van der Waals surface area contributed by atoms with Crippen LogP contribution >= 0.6 is 34.8 Å². The number of halogens is 3. The average Bonchev–Trinajstić information content (AvgIpc) is 2.30. The summed E-state index contributed by atoms with van der Waals surface area (Å²) in [5.74, 6) is 0. The van der Waals surface area contributed by atoms with Gasteiger partial charge >= 0.3 is 0 Å². The van der Waals surface area contributed by atoms with E-state index in [1.165, 1.54) is 12.8 Å².